The Hall–Kier alpha value is -0.520. The van der Waals surface area contributed by atoms with Crippen LogP contribution < -0.4 is 0 Å². The van der Waals surface area contributed by atoms with Crippen molar-refractivity contribution >= 4 is 0 Å². The Morgan fingerprint density at radius 2 is 0.571 bits per heavy atom. The largest absolute Gasteiger partial charge is 0.376 e. The summed E-state index contributed by atoms with van der Waals surface area (Å²) in [6, 6.07) is 0. The Labute approximate surface area is 298 Å². The molecule has 0 aromatic heterocycles. The fourth-order valence-electron chi connectivity index (χ4n) is 3.54. The summed E-state index contributed by atoms with van der Waals surface area (Å²) in [6.45, 7) is 13.7. The highest BCUT2D eigenvalue weighted by atomic mass is 16.6. The molecule has 2 fully saturated rings. The first-order chi connectivity index (χ1) is 23.3. The predicted molar refractivity (Wildman–Crippen MR) is 192 cm³/mol. The number of aliphatic hydroxyl groups is 10. The Bertz CT molecular complexity index is 466. The van der Waals surface area contributed by atoms with E-state index in [4.69, 9.17) is 65.3 Å². The van der Waals surface area contributed by atoms with E-state index in [2.05, 4.69) is 34.6 Å². The second-order valence-electron chi connectivity index (χ2n) is 12.3. The molecule has 0 spiro atoms. The van der Waals surface area contributed by atoms with Gasteiger partial charge in [-0.05, 0) is 64.2 Å². The number of epoxide rings is 2. The molecule has 0 saturated carbocycles. The lowest BCUT2D eigenvalue weighted by Crippen LogP contribution is -2.06. The van der Waals surface area contributed by atoms with Crippen LogP contribution in [0.5, 0.6) is 0 Å². The number of hydrogen-bond donors (Lipinski definition) is 10. The second-order valence-corrected chi connectivity index (χ2v) is 12.3. The summed E-state index contributed by atoms with van der Waals surface area (Å²) < 4.78 is 15.1. The van der Waals surface area contributed by atoms with Crippen LogP contribution >= 0.6 is 0 Å². The van der Waals surface area contributed by atoms with Gasteiger partial charge in [0.1, 0.15) is 12.2 Å². The summed E-state index contributed by atoms with van der Waals surface area (Å²) in [6.07, 6.45) is 13.7. The molecule has 2 rings (SSSR count). The highest BCUT2D eigenvalue weighted by Gasteiger charge is 2.26. The SMILES string of the molecule is C(OCC1CO1)C1CO1.CCCCCC(O)O.CCCCCC(O)O.CCCCCC(O)O.CCCCCC(O)O.CCCCCC(O)O. The molecule has 0 aliphatic carbocycles. The van der Waals surface area contributed by atoms with E-state index >= 15 is 0 Å². The van der Waals surface area contributed by atoms with E-state index < -0.39 is 31.5 Å². The molecule has 2 unspecified atom stereocenters. The predicted octanol–water partition coefficient (Wildman–Crippen LogP) is 4.19. The van der Waals surface area contributed by atoms with E-state index in [-0.39, 0.29) is 0 Å². The number of ether oxygens (including phenoxy) is 3. The lowest BCUT2D eigenvalue weighted by atomic mass is 10.2. The first kappa shape index (κ1) is 55.2. The molecular formula is C36H80O13. The normalized spacial score (nSPS) is 15.7. The van der Waals surface area contributed by atoms with Crippen molar-refractivity contribution in [2.24, 2.45) is 0 Å². The van der Waals surface area contributed by atoms with Crippen molar-refractivity contribution in [3.8, 4) is 0 Å². The van der Waals surface area contributed by atoms with Crippen LogP contribution in [0.4, 0.5) is 0 Å². The van der Waals surface area contributed by atoms with Gasteiger partial charge in [-0.2, -0.15) is 0 Å². The van der Waals surface area contributed by atoms with Crippen molar-refractivity contribution in [2.45, 2.75) is 207 Å². The summed E-state index contributed by atoms with van der Waals surface area (Å²) >= 11 is 0. The molecule has 10 N–H and O–H groups in total. The molecule has 49 heavy (non-hydrogen) atoms. The zero-order valence-electron chi connectivity index (χ0n) is 31.7. The van der Waals surface area contributed by atoms with E-state index in [1.165, 1.54) is 0 Å². The van der Waals surface area contributed by atoms with Gasteiger partial charge in [-0.3, -0.25) is 0 Å². The van der Waals surface area contributed by atoms with E-state index in [0.717, 1.165) is 123 Å². The quantitative estimate of drug-likeness (QED) is 0.0383. The van der Waals surface area contributed by atoms with Crippen molar-refractivity contribution in [1.82, 2.24) is 0 Å². The summed E-state index contributed by atoms with van der Waals surface area (Å²) in [4.78, 5) is 0. The molecule has 2 aliphatic heterocycles. The van der Waals surface area contributed by atoms with Crippen LogP contribution in [0.2, 0.25) is 0 Å². The molecule has 0 aromatic carbocycles. The molecule has 2 heterocycles. The van der Waals surface area contributed by atoms with Gasteiger partial charge >= 0.3 is 0 Å². The molecule has 302 valence electrons. The van der Waals surface area contributed by atoms with E-state index in [1.54, 1.807) is 0 Å². The minimum Gasteiger partial charge on any atom is -0.376 e. The molecule has 2 aliphatic rings. The zero-order valence-corrected chi connectivity index (χ0v) is 31.7. The Morgan fingerprint density at radius 3 is 0.694 bits per heavy atom. The minimum absolute atomic E-state index is 0.392. The van der Waals surface area contributed by atoms with E-state index in [0.29, 0.717) is 44.3 Å². The molecule has 0 bridgehead atoms. The van der Waals surface area contributed by atoms with Crippen molar-refractivity contribution in [1.29, 1.82) is 0 Å². The standard InChI is InChI=1S/C6H10O3.5C6H14O2/c1(5-3-8-5)7-2-6-4-9-6;5*1-2-3-4-5-6(7)8/h5-6H,1-4H2;5*6-8H,2-5H2,1H3. The van der Waals surface area contributed by atoms with Crippen LogP contribution in [0.1, 0.15) is 163 Å². The van der Waals surface area contributed by atoms with Crippen LogP contribution in [-0.2, 0) is 14.2 Å². The molecule has 13 nitrogen and oxygen atoms in total. The van der Waals surface area contributed by atoms with Crippen LogP contribution in [0, 0.1) is 0 Å². The number of rotatable bonds is 24. The fourth-order valence-corrected chi connectivity index (χ4v) is 3.54. The van der Waals surface area contributed by atoms with E-state index in [9.17, 15) is 0 Å². The van der Waals surface area contributed by atoms with Crippen LogP contribution in [0.3, 0.4) is 0 Å². The maximum absolute atomic E-state index is 8.33. The van der Waals surface area contributed by atoms with Gasteiger partial charge < -0.3 is 65.3 Å². The monoisotopic (exact) mass is 721 g/mol. The molecular weight excluding hydrogens is 640 g/mol. The summed E-state index contributed by atoms with van der Waals surface area (Å²) in [7, 11) is 0. The first-order valence-corrected chi connectivity index (χ1v) is 18.9. The first-order valence-electron chi connectivity index (χ1n) is 18.9. The number of unbranched alkanes of at least 4 members (excludes halogenated alkanes) is 10. The number of aliphatic hydroxyl groups excluding tert-OH is 5. The van der Waals surface area contributed by atoms with E-state index in [1.807, 2.05) is 0 Å². The third kappa shape index (κ3) is 73.8. The smallest absolute Gasteiger partial charge is 0.151 e. The Kier molecular flexibility index (Phi) is 51.3. The molecule has 0 amide bonds. The fraction of sp³-hybridized carbons (Fsp3) is 1.00. The Morgan fingerprint density at radius 1 is 0.388 bits per heavy atom. The van der Waals surface area contributed by atoms with Crippen LogP contribution in [-0.4, -0.2) is 121 Å². The molecule has 2 atom stereocenters. The highest BCUT2D eigenvalue weighted by molar-refractivity contribution is 4.71. The molecule has 0 aromatic rings. The average molecular weight is 721 g/mol. The molecule has 2 saturated heterocycles. The third-order valence-electron chi connectivity index (χ3n) is 6.74. The topological polar surface area (TPSA) is 237 Å². The van der Waals surface area contributed by atoms with Crippen molar-refractivity contribution in [3.05, 3.63) is 0 Å². The second kappa shape index (κ2) is 45.5. The van der Waals surface area contributed by atoms with Gasteiger partial charge in [-0.1, -0.05) is 98.8 Å². The van der Waals surface area contributed by atoms with Gasteiger partial charge in [0, 0.05) is 0 Å². The lowest BCUT2D eigenvalue weighted by molar-refractivity contribution is -0.0472. The van der Waals surface area contributed by atoms with Gasteiger partial charge in [0.05, 0.1) is 26.4 Å². The Balaban J connectivity index is -0.000000248. The summed E-state index contributed by atoms with van der Waals surface area (Å²) in [5, 5.41) is 83.3. The maximum Gasteiger partial charge on any atom is 0.151 e. The summed E-state index contributed by atoms with van der Waals surface area (Å²) in [5.74, 6) is 0. The average Bonchev–Trinajstić information content (AvgIpc) is 3.96. The van der Waals surface area contributed by atoms with Gasteiger partial charge in [-0.25, -0.2) is 0 Å². The highest BCUT2D eigenvalue weighted by Crippen LogP contribution is 2.12. The maximum atomic E-state index is 8.33. The molecule has 0 radical (unpaired) electrons. The van der Waals surface area contributed by atoms with Crippen molar-refractivity contribution in [2.75, 3.05) is 26.4 Å². The lowest BCUT2D eigenvalue weighted by Gasteiger charge is -1.99. The summed E-state index contributed by atoms with van der Waals surface area (Å²) in [5.41, 5.74) is 0. The van der Waals surface area contributed by atoms with Gasteiger partial charge in [0.25, 0.3) is 0 Å². The van der Waals surface area contributed by atoms with Crippen molar-refractivity contribution < 1.29 is 65.3 Å². The van der Waals surface area contributed by atoms with Gasteiger partial charge in [-0.15, -0.1) is 0 Å². The zero-order chi connectivity index (χ0) is 38.1. The van der Waals surface area contributed by atoms with Gasteiger partial charge in [0.15, 0.2) is 31.5 Å². The van der Waals surface area contributed by atoms with Gasteiger partial charge in [0.2, 0.25) is 0 Å². The minimum atomic E-state index is -1.10. The van der Waals surface area contributed by atoms with Crippen LogP contribution in [0.15, 0.2) is 0 Å². The molecule has 13 heteroatoms. The third-order valence-corrected chi connectivity index (χ3v) is 6.74. The number of hydrogen-bond acceptors (Lipinski definition) is 13. The van der Waals surface area contributed by atoms with Crippen molar-refractivity contribution in [3.63, 3.8) is 0 Å². The van der Waals surface area contributed by atoms with Crippen LogP contribution in [0.25, 0.3) is 0 Å².